The second-order valence-corrected chi connectivity index (χ2v) is 8.59. The van der Waals surface area contributed by atoms with E-state index in [0.717, 1.165) is 36.9 Å². The summed E-state index contributed by atoms with van der Waals surface area (Å²) in [4.78, 5) is 40.0. The second-order valence-electron chi connectivity index (χ2n) is 8.59. The molecule has 162 valence electrons. The van der Waals surface area contributed by atoms with Crippen LogP contribution >= 0.6 is 0 Å². The second kappa shape index (κ2) is 9.33. The fraction of sp³-hybridized carbons (Fsp3) is 0.400. The number of nitrogens with one attached hydrogen (secondary N) is 2. The van der Waals surface area contributed by atoms with E-state index in [4.69, 9.17) is 0 Å². The summed E-state index contributed by atoms with van der Waals surface area (Å²) in [6.45, 7) is 2.31. The molecule has 6 nitrogen and oxygen atoms in total. The zero-order chi connectivity index (χ0) is 21.8. The quantitative estimate of drug-likeness (QED) is 0.767. The van der Waals surface area contributed by atoms with E-state index in [1.54, 1.807) is 29.2 Å². The van der Waals surface area contributed by atoms with Crippen LogP contribution in [0.4, 0.5) is 11.4 Å². The smallest absolute Gasteiger partial charge is 0.253 e. The van der Waals surface area contributed by atoms with Gasteiger partial charge < -0.3 is 15.5 Å². The van der Waals surface area contributed by atoms with E-state index >= 15 is 0 Å². The van der Waals surface area contributed by atoms with Gasteiger partial charge in [0.25, 0.3) is 5.91 Å². The van der Waals surface area contributed by atoms with Crippen molar-refractivity contribution in [2.45, 2.75) is 51.5 Å². The van der Waals surface area contributed by atoms with Crippen LogP contribution in [0.25, 0.3) is 0 Å². The molecule has 6 heteroatoms. The van der Waals surface area contributed by atoms with Crippen LogP contribution in [0.5, 0.6) is 0 Å². The third-order valence-electron chi connectivity index (χ3n) is 6.18. The standard InChI is InChI=1S/C25H29N3O3/c1-17-8-7-11-20(14-17)28-16-18(15-23(28)29)24(30)27-22-13-6-5-12-21(22)25(31)26-19-9-3-2-4-10-19/h5-8,11-14,18-19H,2-4,9-10,15-16H2,1H3,(H,26,31)(H,27,30). The van der Waals surface area contributed by atoms with Gasteiger partial charge in [-0.3, -0.25) is 14.4 Å². The van der Waals surface area contributed by atoms with Gasteiger partial charge in [0.15, 0.2) is 0 Å². The van der Waals surface area contributed by atoms with Gasteiger partial charge in [-0.05, 0) is 49.6 Å². The molecule has 1 aliphatic heterocycles. The highest BCUT2D eigenvalue weighted by atomic mass is 16.2. The Morgan fingerprint density at radius 3 is 2.55 bits per heavy atom. The van der Waals surface area contributed by atoms with Crippen LogP contribution < -0.4 is 15.5 Å². The Kier molecular flexibility index (Phi) is 6.35. The molecule has 1 atom stereocenters. The lowest BCUT2D eigenvalue weighted by molar-refractivity contribution is -0.122. The van der Waals surface area contributed by atoms with Crippen molar-refractivity contribution in [2.24, 2.45) is 5.92 Å². The van der Waals surface area contributed by atoms with Crippen LogP contribution in [0, 0.1) is 12.8 Å². The lowest BCUT2D eigenvalue weighted by atomic mass is 9.95. The Morgan fingerprint density at radius 1 is 1.00 bits per heavy atom. The fourth-order valence-corrected chi connectivity index (χ4v) is 4.46. The van der Waals surface area contributed by atoms with Gasteiger partial charge in [-0.25, -0.2) is 0 Å². The summed E-state index contributed by atoms with van der Waals surface area (Å²) in [7, 11) is 0. The highest BCUT2D eigenvalue weighted by molar-refractivity contribution is 6.07. The molecule has 0 radical (unpaired) electrons. The van der Waals surface area contributed by atoms with Gasteiger partial charge in [0.05, 0.1) is 17.2 Å². The Bertz CT molecular complexity index is 981. The summed E-state index contributed by atoms with van der Waals surface area (Å²) in [5.41, 5.74) is 2.83. The molecule has 3 amide bonds. The maximum absolute atomic E-state index is 12.9. The van der Waals surface area contributed by atoms with Crippen LogP contribution in [0.2, 0.25) is 0 Å². The molecule has 2 aliphatic rings. The first-order valence-electron chi connectivity index (χ1n) is 11.1. The zero-order valence-electron chi connectivity index (χ0n) is 17.9. The predicted octanol–water partition coefficient (Wildman–Crippen LogP) is 4.05. The number of anilines is 2. The number of hydrogen-bond donors (Lipinski definition) is 2. The molecular formula is C25H29N3O3. The fourth-order valence-electron chi connectivity index (χ4n) is 4.46. The molecule has 2 N–H and O–H groups in total. The Morgan fingerprint density at radius 2 is 1.77 bits per heavy atom. The summed E-state index contributed by atoms with van der Waals surface area (Å²) in [5, 5.41) is 6.00. The summed E-state index contributed by atoms with van der Waals surface area (Å²) in [6, 6.07) is 15.0. The molecule has 2 aromatic carbocycles. The van der Waals surface area contributed by atoms with Crippen LogP contribution in [0.1, 0.15) is 54.4 Å². The van der Waals surface area contributed by atoms with Crippen molar-refractivity contribution in [3.63, 3.8) is 0 Å². The minimum atomic E-state index is -0.456. The minimum absolute atomic E-state index is 0.0610. The average molecular weight is 420 g/mol. The van der Waals surface area contributed by atoms with E-state index in [-0.39, 0.29) is 30.2 Å². The van der Waals surface area contributed by atoms with Crippen molar-refractivity contribution in [3.05, 3.63) is 59.7 Å². The van der Waals surface area contributed by atoms with Crippen molar-refractivity contribution in [1.29, 1.82) is 0 Å². The van der Waals surface area contributed by atoms with Crippen molar-refractivity contribution >= 4 is 29.1 Å². The molecule has 2 fully saturated rings. The van der Waals surface area contributed by atoms with Crippen LogP contribution in [0.15, 0.2) is 48.5 Å². The molecule has 0 aromatic heterocycles. The van der Waals surface area contributed by atoms with E-state index in [0.29, 0.717) is 17.8 Å². The largest absolute Gasteiger partial charge is 0.349 e. The highest BCUT2D eigenvalue weighted by Gasteiger charge is 2.35. The summed E-state index contributed by atoms with van der Waals surface area (Å²) in [5.74, 6) is -0.912. The molecule has 31 heavy (non-hydrogen) atoms. The number of carbonyl (C=O) groups excluding carboxylic acids is 3. The lowest BCUT2D eigenvalue weighted by Gasteiger charge is -2.23. The number of aryl methyl sites for hydroxylation is 1. The third kappa shape index (κ3) is 4.95. The first-order chi connectivity index (χ1) is 15.0. The van der Waals surface area contributed by atoms with Gasteiger partial charge >= 0.3 is 0 Å². The molecule has 1 aliphatic carbocycles. The van der Waals surface area contributed by atoms with E-state index in [2.05, 4.69) is 10.6 Å². The average Bonchev–Trinajstić information content (AvgIpc) is 3.16. The highest BCUT2D eigenvalue weighted by Crippen LogP contribution is 2.27. The number of rotatable bonds is 5. The molecule has 1 saturated carbocycles. The summed E-state index contributed by atoms with van der Waals surface area (Å²) >= 11 is 0. The van der Waals surface area contributed by atoms with Gasteiger partial charge in [0.2, 0.25) is 11.8 Å². The van der Waals surface area contributed by atoms with Gasteiger partial charge in [0, 0.05) is 24.7 Å². The Balaban J connectivity index is 1.43. The Hall–Kier alpha value is -3.15. The molecule has 4 rings (SSSR count). The molecule has 2 aromatic rings. The van der Waals surface area contributed by atoms with Crippen molar-refractivity contribution < 1.29 is 14.4 Å². The van der Waals surface area contributed by atoms with Gasteiger partial charge in [-0.15, -0.1) is 0 Å². The van der Waals surface area contributed by atoms with Gasteiger partial charge in [-0.1, -0.05) is 43.5 Å². The van der Waals surface area contributed by atoms with Crippen LogP contribution in [0.3, 0.4) is 0 Å². The van der Waals surface area contributed by atoms with Crippen molar-refractivity contribution in [2.75, 3.05) is 16.8 Å². The molecular weight excluding hydrogens is 390 g/mol. The van der Waals surface area contributed by atoms with Crippen LogP contribution in [-0.2, 0) is 9.59 Å². The maximum Gasteiger partial charge on any atom is 0.253 e. The molecule has 1 heterocycles. The minimum Gasteiger partial charge on any atom is -0.349 e. The molecule has 1 unspecified atom stereocenters. The summed E-state index contributed by atoms with van der Waals surface area (Å²) < 4.78 is 0. The number of nitrogens with zero attached hydrogens (tertiary/aromatic N) is 1. The Labute approximate surface area is 183 Å². The number of carbonyl (C=O) groups is 3. The maximum atomic E-state index is 12.9. The van der Waals surface area contributed by atoms with Crippen LogP contribution in [-0.4, -0.2) is 30.3 Å². The molecule has 0 spiro atoms. The molecule has 1 saturated heterocycles. The van der Waals surface area contributed by atoms with Crippen molar-refractivity contribution in [3.8, 4) is 0 Å². The van der Waals surface area contributed by atoms with E-state index in [1.807, 2.05) is 31.2 Å². The zero-order valence-corrected chi connectivity index (χ0v) is 17.9. The lowest BCUT2D eigenvalue weighted by Crippen LogP contribution is -2.36. The third-order valence-corrected chi connectivity index (χ3v) is 6.18. The first-order valence-corrected chi connectivity index (χ1v) is 11.1. The SMILES string of the molecule is Cc1cccc(N2CC(C(=O)Nc3ccccc3C(=O)NC3CCCCC3)CC2=O)c1. The van der Waals surface area contributed by atoms with Gasteiger partial charge in [-0.2, -0.15) is 0 Å². The number of para-hydroxylation sites is 1. The summed E-state index contributed by atoms with van der Waals surface area (Å²) in [6.07, 6.45) is 5.65. The van der Waals surface area contributed by atoms with Gasteiger partial charge in [0.1, 0.15) is 0 Å². The number of hydrogen-bond acceptors (Lipinski definition) is 3. The van der Waals surface area contributed by atoms with E-state index < -0.39 is 5.92 Å². The van der Waals surface area contributed by atoms with E-state index in [9.17, 15) is 14.4 Å². The molecule has 0 bridgehead atoms. The predicted molar refractivity (Wildman–Crippen MR) is 121 cm³/mol. The normalized spacial score (nSPS) is 19.3. The topological polar surface area (TPSA) is 78.5 Å². The van der Waals surface area contributed by atoms with Crippen molar-refractivity contribution in [1.82, 2.24) is 5.32 Å². The van der Waals surface area contributed by atoms with E-state index in [1.165, 1.54) is 6.42 Å². The first kappa shape index (κ1) is 21.1. The number of amides is 3. The monoisotopic (exact) mass is 419 g/mol. The number of benzene rings is 2.